The van der Waals surface area contributed by atoms with E-state index in [0.717, 1.165) is 61.2 Å². The third-order valence-electron chi connectivity index (χ3n) is 7.78. The van der Waals surface area contributed by atoms with E-state index in [-0.39, 0.29) is 30.0 Å². The van der Waals surface area contributed by atoms with Gasteiger partial charge < -0.3 is 20.7 Å². The molecule has 2 aromatic carbocycles. The van der Waals surface area contributed by atoms with Gasteiger partial charge >= 0.3 is 0 Å². The van der Waals surface area contributed by atoms with Gasteiger partial charge in [-0.1, -0.05) is 30.3 Å². The summed E-state index contributed by atoms with van der Waals surface area (Å²) in [7, 11) is 1.85. The molecule has 4 rings (SSSR count). The highest BCUT2D eigenvalue weighted by atomic mass is 16.5. The molecular weight excluding hydrogens is 440 g/mol. The molecule has 35 heavy (non-hydrogen) atoms. The molecule has 7 heteroatoms. The lowest BCUT2D eigenvalue weighted by Gasteiger charge is -2.36. The molecule has 3 N–H and O–H groups in total. The lowest BCUT2D eigenvalue weighted by atomic mass is 10.0. The van der Waals surface area contributed by atoms with E-state index >= 15 is 0 Å². The Morgan fingerprint density at radius 2 is 1.77 bits per heavy atom. The maximum absolute atomic E-state index is 12.8. The van der Waals surface area contributed by atoms with E-state index in [1.807, 2.05) is 52.1 Å². The van der Waals surface area contributed by atoms with E-state index in [9.17, 15) is 9.59 Å². The first-order chi connectivity index (χ1) is 16.7. The van der Waals surface area contributed by atoms with Gasteiger partial charge in [0, 0.05) is 31.9 Å². The summed E-state index contributed by atoms with van der Waals surface area (Å²) >= 11 is 0. The average Bonchev–Trinajstić information content (AvgIpc) is 3.64. The van der Waals surface area contributed by atoms with Crippen molar-refractivity contribution in [3.05, 3.63) is 58.7 Å². The zero-order chi connectivity index (χ0) is 25.2. The van der Waals surface area contributed by atoms with Gasteiger partial charge in [-0.2, -0.15) is 0 Å². The monoisotopic (exact) mass is 478 g/mol. The number of nitrogens with zero attached hydrogens (tertiary/aromatic N) is 2. The summed E-state index contributed by atoms with van der Waals surface area (Å²) < 4.78 is 5.88. The Kier molecular flexibility index (Phi) is 7.36. The van der Waals surface area contributed by atoms with Crippen LogP contribution in [0.2, 0.25) is 0 Å². The van der Waals surface area contributed by atoms with E-state index in [4.69, 9.17) is 10.5 Å². The van der Waals surface area contributed by atoms with Crippen molar-refractivity contribution < 1.29 is 14.3 Å². The van der Waals surface area contributed by atoms with E-state index in [1.165, 1.54) is 5.56 Å². The molecule has 2 aromatic rings. The Bertz CT molecular complexity index is 1070. The number of aryl methyl sites for hydroxylation is 1. The minimum absolute atomic E-state index is 0.00429. The summed E-state index contributed by atoms with van der Waals surface area (Å²) in [5.41, 5.74) is 10.8. The van der Waals surface area contributed by atoms with E-state index in [0.29, 0.717) is 12.3 Å². The fourth-order valence-electron chi connectivity index (χ4n) is 5.00. The van der Waals surface area contributed by atoms with Crippen LogP contribution in [0.3, 0.4) is 0 Å². The molecule has 0 unspecified atom stereocenters. The van der Waals surface area contributed by atoms with Gasteiger partial charge in [0.2, 0.25) is 5.91 Å². The number of carbonyl (C=O) groups excluding carboxylic acids is 2. The summed E-state index contributed by atoms with van der Waals surface area (Å²) in [6, 6.07) is 12.3. The smallest absolute Gasteiger partial charge is 0.260 e. The second-order valence-electron chi connectivity index (χ2n) is 10.2. The van der Waals surface area contributed by atoms with E-state index < -0.39 is 0 Å². The van der Waals surface area contributed by atoms with Gasteiger partial charge in [-0.05, 0) is 74.8 Å². The van der Waals surface area contributed by atoms with Crippen LogP contribution < -0.4 is 15.8 Å². The molecule has 2 aliphatic rings. The highest BCUT2D eigenvalue weighted by molar-refractivity contribution is 5.80. The summed E-state index contributed by atoms with van der Waals surface area (Å²) in [6.45, 7) is 7.88. The van der Waals surface area contributed by atoms with Gasteiger partial charge in [-0.3, -0.25) is 14.5 Å². The molecule has 7 nitrogen and oxygen atoms in total. The molecule has 0 radical (unpaired) electrons. The molecule has 1 aliphatic carbocycles. The van der Waals surface area contributed by atoms with Crippen molar-refractivity contribution in [2.24, 2.45) is 0 Å². The number of likely N-dealkylation sites (N-methyl/N-ethyl adjacent to an activating group) is 1. The largest absolute Gasteiger partial charge is 0.483 e. The van der Waals surface area contributed by atoms with Gasteiger partial charge in [0.05, 0.1) is 12.1 Å². The molecular formula is C28H38N4O3. The number of anilines is 1. The van der Waals surface area contributed by atoms with Gasteiger partial charge in [0.15, 0.2) is 6.61 Å². The number of piperidine rings is 1. The van der Waals surface area contributed by atoms with Crippen molar-refractivity contribution in [2.75, 3.05) is 39.0 Å². The van der Waals surface area contributed by atoms with Crippen LogP contribution in [0, 0.1) is 20.8 Å². The van der Waals surface area contributed by atoms with Crippen molar-refractivity contribution in [3.63, 3.8) is 0 Å². The lowest BCUT2D eigenvalue weighted by Crippen LogP contribution is -2.49. The topological polar surface area (TPSA) is 87.9 Å². The van der Waals surface area contributed by atoms with Gasteiger partial charge in [0.1, 0.15) is 5.75 Å². The number of nitrogens with two attached hydrogens (primary N) is 1. The predicted octanol–water partition coefficient (Wildman–Crippen LogP) is 3.30. The van der Waals surface area contributed by atoms with Gasteiger partial charge in [-0.25, -0.2) is 0 Å². The van der Waals surface area contributed by atoms with Crippen molar-refractivity contribution in [3.8, 4) is 5.75 Å². The van der Waals surface area contributed by atoms with E-state index in [2.05, 4.69) is 22.3 Å². The maximum atomic E-state index is 12.8. The number of hydrogen-bond acceptors (Lipinski definition) is 5. The number of benzene rings is 2. The molecule has 0 spiro atoms. The lowest BCUT2D eigenvalue weighted by molar-refractivity contribution is -0.135. The highest BCUT2D eigenvalue weighted by Crippen LogP contribution is 2.45. The molecule has 1 heterocycles. The standard InChI is InChI=1S/C28H38N4O3/c1-19-16-24(20(2)21(3)27(19)29)35-18-26(34)31(4)23-10-14-32(15-11-23)17-25(33)30-28(12-13-28)22-8-6-5-7-9-22/h5-9,16,23H,10-15,17-18,29H2,1-4H3,(H,30,33). The number of nitrogens with one attached hydrogen (secondary N) is 1. The van der Waals surface area contributed by atoms with Gasteiger partial charge in [0.25, 0.3) is 5.91 Å². The second-order valence-corrected chi connectivity index (χ2v) is 10.2. The average molecular weight is 479 g/mol. The first kappa shape index (κ1) is 25.0. The Morgan fingerprint density at radius 1 is 1.11 bits per heavy atom. The molecule has 0 atom stereocenters. The van der Waals surface area contributed by atoms with Crippen LogP contribution in [0.4, 0.5) is 5.69 Å². The van der Waals surface area contributed by atoms with Crippen LogP contribution in [-0.2, 0) is 15.1 Å². The summed E-state index contributed by atoms with van der Waals surface area (Å²) in [4.78, 5) is 29.5. The maximum Gasteiger partial charge on any atom is 0.260 e. The van der Waals surface area contributed by atoms with Crippen LogP contribution in [-0.4, -0.2) is 60.9 Å². The summed E-state index contributed by atoms with van der Waals surface area (Å²) in [6.07, 6.45) is 3.68. The van der Waals surface area contributed by atoms with Crippen molar-refractivity contribution in [1.82, 2.24) is 15.1 Å². The van der Waals surface area contributed by atoms with E-state index in [1.54, 1.807) is 4.90 Å². The molecule has 1 saturated heterocycles. The van der Waals surface area contributed by atoms with Crippen LogP contribution >= 0.6 is 0 Å². The third kappa shape index (κ3) is 5.61. The van der Waals surface area contributed by atoms with Crippen molar-refractivity contribution in [1.29, 1.82) is 0 Å². The fourth-order valence-corrected chi connectivity index (χ4v) is 5.00. The summed E-state index contributed by atoms with van der Waals surface area (Å²) in [5.74, 6) is 0.749. The quantitative estimate of drug-likeness (QED) is 0.569. The SMILES string of the molecule is Cc1cc(OCC(=O)N(C)C2CCN(CC(=O)NC3(c4ccccc4)CC3)CC2)c(C)c(C)c1N. The first-order valence-corrected chi connectivity index (χ1v) is 12.5. The molecule has 188 valence electrons. The molecule has 1 aliphatic heterocycles. The van der Waals surface area contributed by atoms with Crippen LogP contribution in [0.25, 0.3) is 0 Å². The molecule has 2 amide bonds. The fraction of sp³-hybridized carbons (Fsp3) is 0.500. The zero-order valence-electron chi connectivity index (χ0n) is 21.4. The number of amides is 2. The number of likely N-dealkylation sites (tertiary alicyclic amines) is 1. The number of ether oxygens (including phenoxy) is 1. The molecule has 2 fully saturated rings. The normalized spacial score (nSPS) is 17.6. The minimum atomic E-state index is -0.177. The highest BCUT2D eigenvalue weighted by Gasteiger charge is 2.45. The third-order valence-corrected chi connectivity index (χ3v) is 7.78. The zero-order valence-corrected chi connectivity index (χ0v) is 21.4. The number of nitrogen functional groups attached to an aromatic ring is 1. The first-order valence-electron chi connectivity index (χ1n) is 12.5. The Balaban J connectivity index is 1.23. The Morgan fingerprint density at radius 3 is 2.40 bits per heavy atom. The molecule has 0 bridgehead atoms. The second kappa shape index (κ2) is 10.3. The number of rotatable bonds is 8. The molecule has 0 aromatic heterocycles. The Labute approximate surface area is 208 Å². The van der Waals surface area contributed by atoms with Crippen LogP contribution in [0.15, 0.2) is 36.4 Å². The number of hydrogen-bond donors (Lipinski definition) is 2. The minimum Gasteiger partial charge on any atom is -0.483 e. The van der Waals surface area contributed by atoms with Crippen molar-refractivity contribution in [2.45, 2.75) is 58.0 Å². The number of carbonyl (C=O) groups is 2. The predicted molar refractivity (Wildman–Crippen MR) is 138 cm³/mol. The van der Waals surface area contributed by atoms with Crippen LogP contribution in [0.1, 0.15) is 47.9 Å². The van der Waals surface area contributed by atoms with Crippen molar-refractivity contribution >= 4 is 17.5 Å². The summed E-state index contributed by atoms with van der Waals surface area (Å²) in [5, 5.41) is 3.26. The van der Waals surface area contributed by atoms with Gasteiger partial charge in [-0.15, -0.1) is 0 Å². The van der Waals surface area contributed by atoms with Crippen LogP contribution in [0.5, 0.6) is 5.75 Å². The Hall–Kier alpha value is -3.06. The molecule has 1 saturated carbocycles.